The molecule has 0 radical (unpaired) electrons. The van der Waals surface area contributed by atoms with Crippen LogP contribution in [0.1, 0.15) is 10.4 Å². The van der Waals surface area contributed by atoms with Crippen molar-refractivity contribution in [3.8, 4) is 11.4 Å². The van der Waals surface area contributed by atoms with Crippen molar-refractivity contribution in [1.29, 1.82) is 0 Å². The molecule has 0 atom stereocenters. The monoisotopic (exact) mass is 253 g/mol. The Morgan fingerprint density at radius 1 is 1.26 bits per heavy atom. The van der Waals surface area contributed by atoms with Crippen molar-refractivity contribution >= 4 is 17.1 Å². The molecule has 0 bridgehead atoms. The van der Waals surface area contributed by atoms with Gasteiger partial charge in [-0.05, 0) is 6.07 Å². The molecule has 19 heavy (non-hydrogen) atoms. The van der Waals surface area contributed by atoms with Gasteiger partial charge in [0.25, 0.3) is 0 Å². The molecule has 3 aromatic rings. The van der Waals surface area contributed by atoms with Gasteiger partial charge in [0.1, 0.15) is 11.3 Å². The number of imidazole rings is 1. The number of carboxylic acids is 1. The van der Waals surface area contributed by atoms with E-state index in [1.807, 2.05) is 41.9 Å². The fourth-order valence-corrected chi connectivity index (χ4v) is 2.04. The summed E-state index contributed by atoms with van der Waals surface area (Å²) in [4.78, 5) is 19.6. The van der Waals surface area contributed by atoms with E-state index in [1.54, 1.807) is 0 Å². The van der Waals surface area contributed by atoms with Gasteiger partial charge in [-0.15, -0.1) is 0 Å². The van der Waals surface area contributed by atoms with Gasteiger partial charge in [-0.2, -0.15) is 0 Å². The highest BCUT2D eigenvalue weighted by molar-refractivity contribution is 5.91. The van der Waals surface area contributed by atoms with Crippen molar-refractivity contribution in [1.82, 2.24) is 14.5 Å². The van der Waals surface area contributed by atoms with Gasteiger partial charge in [0.2, 0.25) is 0 Å². The maximum atomic E-state index is 10.9. The van der Waals surface area contributed by atoms with Crippen molar-refractivity contribution in [2.24, 2.45) is 7.05 Å². The number of fused-ring (bicyclic) bond motifs is 1. The summed E-state index contributed by atoms with van der Waals surface area (Å²) in [7, 11) is 1.87. The lowest BCUT2D eigenvalue weighted by Crippen LogP contribution is -1.98. The molecule has 0 saturated heterocycles. The van der Waals surface area contributed by atoms with Gasteiger partial charge in [-0.3, -0.25) is 0 Å². The maximum Gasteiger partial charge on any atom is 0.337 e. The molecule has 5 nitrogen and oxygen atoms in total. The third-order valence-electron chi connectivity index (χ3n) is 2.99. The smallest absolute Gasteiger partial charge is 0.337 e. The highest BCUT2D eigenvalue weighted by atomic mass is 16.4. The average molecular weight is 253 g/mol. The molecule has 0 aliphatic carbocycles. The zero-order valence-electron chi connectivity index (χ0n) is 10.2. The molecule has 94 valence electrons. The molecule has 0 aliphatic heterocycles. The quantitative estimate of drug-likeness (QED) is 0.761. The van der Waals surface area contributed by atoms with Crippen LogP contribution in [0.25, 0.3) is 22.6 Å². The van der Waals surface area contributed by atoms with Gasteiger partial charge < -0.3 is 9.67 Å². The van der Waals surface area contributed by atoms with E-state index in [4.69, 9.17) is 5.11 Å². The zero-order valence-corrected chi connectivity index (χ0v) is 10.2. The van der Waals surface area contributed by atoms with Crippen molar-refractivity contribution in [3.63, 3.8) is 0 Å². The van der Waals surface area contributed by atoms with Crippen molar-refractivity contribution in [2.45, 2.75) is 0 Å². The zero-order chi connectivity index (χ0) is 13.4. The minimum absolute atomic E-state index is 0.144. The molecular weight excluding hydrogens is 242 g/mol. The molecule has 0 aliphatic rings. The summed E-state index contributed by atoms with van der Waals surface area (Å²) < 4.78 is 1.86. The number of carboxylic acid groups (broad SMARTS) is 1. The highest BCUT2D eigenvalue weighted by Crippen LogP contribution is 2.22. The second-order valence-corrected chi connectivity index (χ2v) is 4.23. The van der Waals surface area contributed by atoms with Crippen molar-refractivity contribution in [3.05, 3.63) is 48.2 Å². The number of pyridine rings is 1. The van der Waals surface area contributed by atoms with E-state index in [0.29, 0.717) is 11.2 Å². The Morgan fingerprint density at radius 3 is 2.68 bits per heavy atom. The van der Waals surface area contributed by atoms with Crippen molar-refractivity contribution < 1.29 is 9.90 Å². The SMILES string of the molecule is Cn1c(-c2ccccc2)nc2cc(C(=O)O)cnc21. The summed E-state index contributed by atoms with van der Waals surface area (Å²) in [5.74, 6) is -0.230. The van der Waals surface area contributed by atoms with Gasteiger partial charge in [0, 0.05) is 18.8 Å². The van der Waals surface area contributed by atoms with Crippen LogP contribution in [0.15, 0.2) is 42.6 Å². The predicted octanol–water partition coefficient (Wildman–Crippen LogP) is 2.33. The molecule has 2 heterocycles. The standard InChI is InChI=1S/C14H11N3O2/c1-17-12(9-5-3-2-4-6-9)16-11-7-10(14(18)19)8-15-13(11)17/h2-8H,1H3,(H,18,19). The number of hydrogen-bond acceptors (Lipinski definition) is 3. The van der Waals surface area contributed by atoms with Crippen LogP contribution in [-0.4, -0.2) is 25.6 Å². The first-order valence-electron chi connectivity index (χ1n) is 5.78. The van der Waals surface area contributed by atoms with E-state index in [-0.39, 0.29) is 5.56 Å². The first kappa shape index (κ1) is 11.4. The Bertz CT molecular complexity index is 763. The van der Waals surface area contributed by atoms with Gasteiger partial charge in [0.15, 0.2) is 5.65 Å². The molecule has 0 amide bonds. The van der Waals surface area contributed by atoms with Crippen LogP contribution < -0.4 is 0 Å². The predicted molar refractivity (Wildman–Crippen MR) is 70.9 cm³/mol. The molecule has 5 heteroatoms. The fraction of sp³-hybridized carbons (Fsp3) is 0.0714. The van der Waals surface area contributed by atoms with E-state index in [1.165, 1.54) is 12.3 Å². The number of aromatic nitrogens is 3. The van der Waals surface area contributed by atoms with Crippen LogP contribution in [0.2, 0.25) is 0 Å². The van der Waals surface area contributed by atoms with Crippen LogP contribution in [0, 0.1) is 0 Å². The minimum atomic E-state index is -0.999. The lowest BCUT2D eigenvalue weighted by Gasteiger charge is -2.00. The lowest BCUT2D eigenvalue weighted by molar-refractivity contribution is 0.0696. The summed E-state index contributed by atoms with van der Waals surface area (Å²) in [5, 5.41) is 8.96. The molecule has 0 saturated carbocycles. The number of nitrogens with zero attached hydrogens (tertiary/aromatic N) is 3. The van der Waals surface area contributed by atoms with E-state index >= 15 is 0 Å². The number of benzene rings is 1. The summed E-state index contributed by atoms with van der Waals surface area (Å²) in [6.45, 7) is 0. The van der Waals surface area contributed by atoms with Crippen LogP contribution in [0.4, 0.5) is 0 Å². The van der Waals surface area contributed by atoms with Gasteiger partial charge >= 0.3 is 5.97 Å². The number of carbonyl (C=O) groups is 1. The van der Waals surface area contributed by atoms with Gasteiger partial charge in [-0.25, -0.2) is 14.8 Å². The second-order valence-electron chi connectivity index (χ2n) is 4.23. The Hall–Kier alpha value is -2.69. The Morgan fingerprint density at radius 2 is 2.00 bits per heavy atom. The third kappa shape index (κ3) is 1.85. The molecule has 3 rings (SSSR count). The molecule has 0 spiro atoms. The van der Waals surface area contributed by atoms with E-state index in [2.05, 4.69) is 9.97 Å². The number of rotatable bonds is 2. The highest BCUT2D eigenvalue weighted by Gasteiger charge is 2.13. The topological polar surface area (TPSA) is 68.0 Å². The summed E-state index contributed by atoms with van der Waals surface area (Å²) in [5.41, 5.74) is 2.37. The van der Waals surface area contributed by atoms with E-state index in [0.717, 1.165) is 11.4 Å². The van der Waals surface area contributed by atoms with Crippen LogP contribution in [0.5, 0.6) is 0 Å². The summed E-state index contributed by atoms with van der Waals surface area (Å²) in [6.07, 6.45) is 1.35. The lowest BCUT2D eigenvalue weighted by atomic mass is 10.2. The third-order valence-corrected chi connectivity index (χ3v) is 2.99. The number of hydrogen-bond donors (Lipinski definition) is 1. The largest absolute Gasteiger partial charge is 0.478 e. The Labute approximate surface area is 109 Å². The minimum Gasteiger partial charge on any atom is -0.478 e. The molecular formula is C14H11N3O2. The average Bonchev–Trinajstić information content (AvgIpc) is 2.76. The van der Waals surface area contributed by atoms with Gasteiger partial charge in [0.05, 0.1) is 5.56 Å². The Kier molecular flexibility index (Phi) is 2.52. The molecule has 0 fully saturated rings. The van der Waals surface area contributed by atoms with Crippen LogP contribution in [0.3, 0.4) is 0 Å². The molecule has 0 unspecified atom stereocenters. The molecule has 1 aromatic carbocycles. The fourth-order valence-electron chi connectivity index (χ4n) is 2.04. The van der Waals surface area contributed by atoms with Gasteiger partial charge in [-0.1, -0.05) is 30.3 Å². The first-order chi connectivity index (χ1) is 9.16. The number of aryl methyl sites for hydroxylation is 1. The second kappa shape index (κ2) is 4.20. The molecule has 1 N–H and O–H groups in total. The van der Waals surface area contributed by atoms with Crippen molar-refractivity contribution in [2.75, 3.05) is 0 Å². The van der Waals surface area contributed by atoms with Crippen LogP contribution in [-0.2, 0) is 7.05 Å². The van der Waals surface area contributed by atoms with E-state index < -0.39 is 5.97 Å². The summed E-state index contributed by atoms with van der Waals surface area (Å²) in [6, 6.07) is 11.3. The Balaban J connectivity index is 2.23. The van der Waals surface area contributed by atoms with E-state index in [9.17, 15) is 4.79 Å². The normalized spacial score (nSPS) is 10.8. The summed E-state index contributed by atoms with van der Waals surface area (Å²) >= 11 is 0. The molecule has 2 aromatic heterocycles. The first-order valence-corrected chi connectivity index (χ1v) is 5.78. The maximum absolute atomic E-state index is 10.9. The number of aromatic carboxylic acids is 1. The van der Waals surface area contributed by atoms with Crippen LogP contribution >= 0.6 is 0 Å².